The average Bonchev–Trinajstić information content (AvgIpc) is 2.98. The molecule has 0 unspecified atom stereocenters. The van der Waals surface area contributed by atoms with Gasteiger partial charge in [-0.2, -0.15) is 5.10 Å². The van der Waals surface area contributed by atoms with E-state index in [9.17, 15) is 9.59 Å². The lowest BCUT2D eigenvalue weighted by Gasteiger charge is -2.21. The molecule has 0 bridgehead atoms. The van der Waals surface area contributed by atoms with Crippen molar-refractivity contribution in [3.05, 3.63) is 128 Å². The molecule has 0 aliphatic rings. The van der Waals surface area contributed by atoms with E-state index >= 15 is 0 Å². The molecule has 222 valence electrons. The fourth-order valence-corrected chi connectivity index (χ4v) is 4.84. The van der Waals surface area contributed by atoms with Gasteiger partial charge >= 0.3 is 0 Å². The Labute approximate surface area is 269 Å². The molecule has 2 atom stereocenters. The van der Waals surface area contributed by atoms with Gasteiger partial charge in [-0.1, -0.05) is 94.9 Å². The summed E-state index contributed by atoms with van der Waals surface area (Å²) in [5.41, 5.74) is 4.76. The molecule has 43 heavy (non-hydrogen) atoms. The molecule has 2 N–H and O–H groups in total. The molecule has 0 heterocycles. The van der Waals surface area contributed by atoms with Crippen molar-refractivity contribution < 1.29 is 19.1 Å². The zero-order valence-corrected chi connectivity index (χ0v) is 25.9. The Hall–Kier alpha value is -3.75. The first kappa shape index (κ1) is 32.2. The van der Waals surface area contributed by atoms with Crippen molar-refractivity contribution in [1.82, 2.24) is 10.7 Å². The van der Waals surface area contributed by atoms with Gasteiger partial charge in [0.2, 0.25) is 0 Å². The van der Waals surface area contributed by atoms with Gasteiger partial charge < -0.3 is 14.8 Å². The molecular weight excluding hydrogens is 632 g/mol. The molecule has 0 aliphatic heterocycles. The van der Waals surface area contributed by atoms with E-state index in [1.54, 1.807) is 49.4 Å². The van der Waals surface area contributed by atoms with Gasteiger partial charge in [0.1, 0.15) is 24.1 Å². The number of nitrogens with zero attached hydrogens (tertiary/aromatic N) is 1. The second-order valence-corrected chi connectivity index (χ2v) is 11.1. The van der Waals surface area contributed by atoms with Gasteiger partial charge in [0.25, 0.3) is 11.8 Å². The Balaban J connectivity index is 1.42. The Kier molecular flexibility index (Phi) is 11.7. The Bertz CT molecular complexity index is 1600. The molecular formula is C32H27Cl4N3O4. The van der Waals surface area contributed by atoms with Gasteiger partial charge in [-0.3, -0.25) is 9.59 Å². The highest BCUT2D eigenvalue weighted by molar-refractivity contribution is 6.35. The van der Waals surface area contributed by atoms with E-state index in [1.165, 1.54) is 12.3 Å². The van der Waals surface area contributed by atoms with Gasteiger partial charge in [-0.25, -0.2) is 5.43 Å². The van der Waals surface area contributed by atoms with Gasteiger partial charge in [0, 0.05) is 32.6 Å². The summed E-state index contributed by atoms with van der Waals surface area (Å²) < 4.78 is 11.7. The lowest BCUT2D eigenvalue weighted by molar-refractivity contribution is -0.132. The highest BCUT2D eigenvalue weighted by Gasteiger charge is 2.25. The average molecular weight is 659 g/mol. The summed E-state index contributed by atoms with van der Waals surface area (Å²) in [4.78, 5) is 26.3. The number of benzene rings is 4. The van der Waals surface area contributed by atoms with Crippen LogP contribution < -0.4 is 20.2 Å². The minimum Gasteiger partial charge on any atom is -0.488 e. The number of nitrogens with one attached hydrogen (secondary N) is 2. The first-order chi connectivity index (χ1) is 20.7. The van der Waals surface area contributed by atoms with Crippen LogP contribution >= 0.6 is 46.4 Å². The zero-order chi connectivity index (χ0) is 30.8. The number of para-hydroxylation sites is 1. The predicted molar refractivity (Wildman–Crippen MR) is 172 cm³/mol. The third kappa shape index (κ3) is 9.63. The molecule has 0 saturated heterocycles. The summed E-state index contributed by atoms with van der Waals surface area (Å²) in [6.07, 6.45) is 0.738. The quantitative estimate of drug-likeness (QED) is 0.122. The molecule has 0 aliphatic carbocycles. The topological polar surface area (TPSA) is 89.0 Å². The van der Waals surface area contributed by atoms with Crippen LogP contribution in [0.25, 0.3) is 0 Å². The molecule has 11 heteroatoms. The van der Waals surface area contributed by atoms with E-state index in [0.29, 0.717) is 32.1 Å². The van der Waals surface area contributed by atoms with E-state index in [0.717, 1.165) is 11.1 Å². The number of carbonyl (C=O) groups excluding carboxylic acids is 2. The number of hydrogen-bond acceptors (Lipinski definition) is 5. The second kappa shape index (κ2) is 15.6. The molecule has 0 spiro atoms. The predicted octanol–water partition coefficient (Wildman–Crippen LogP) is 7.52. The van der Waals surface area contributed by atoms with Crippen LogP contribution in [0.4, 0.5) is 0 Å². The standard InChI is InChI=1S/C32H27Cl4N3O4/c1-20(43-30-14-13-25(34)17-27(30)36)31(40)38-28(15-21-7-3-2-4-8-21)32(41)39-37-18-22-9-5-6-10-29(22)42-19-23-11-12-24(33)16-26(23)35/h2-14,16-18,20,28H,15,19H2,1H3,(H,38,40)(H,39,41)/b37-18-/t20-,28+/m0/s1. The van der Waals surface area contributed by atoms with Crippen molar-refractivity contribution in [1.29, 1.82) is 0 Å². The molecule has 7 nitrogen and oxygen atoms in total. The molecule has 2 amide bonds. The fraction of sp³-hybridized carbons (Fsp3) is 0.156. The van der Waals surface area contributed by atoms with Crippen LogP contribution in [0.3, 0.4) is 0 Å². The van der Waals surface area contributed by atoms with E-state index in [2.05, 4.69) is 15.8 Å². The van der Waals surface area contributed by atoms with Crippen molar-refractivity contribution in [2.75, 3.05) is 0 Å². The Morgan fingerprint density at radius 1 is 0.814 bits per heavy atom. The lowest BCUT2D eigenvalue weighted by atomic mass is 10.1. The number of carbonyl (C=O) groups is 2. The maximum Gasteiger partial charge on any atom is 0.262 e. The maximum absolute atomic E-state index is 13.2. The largest absolute Gasteiger partial charge is 0.488 e. The molecule has 4 rings (SSSR count). The smallest absolute Gasteiger partial charge is 0.262 e. The zero-order valence-electron chi connectivity index (χ0n) is 22.9. The van der Waals surface area contributed by atoms with Crippen LogP contribution in [0.1, 0.15) is 23.6 Å². The molecule has 4 aromatic rings. The maximum atomic E-state index is 13.2. The van der Waals surface area contributed by atoms with E-state index in [1.807, 2.05) is 42.5 Å². The van der Waals surface area contributed by atoms with E-state index < -0.39 is 24.0 Å². The van der Waals surface area contributed by atoms with Crippen LogP contribution in [0.5, 0.6) is 11.5 Å². The van der Waals surface area contributed by atoms with Crippen LogP contribution in [-0.4, -0.2) is 30.2 Å². The fourth-order valence-electron chi connectivity index (χ4n) is 3.92. The number of hydrogen-bond donors (Lipinski definition) is 2. The summed E-state index contributed by atoms with van der Waals surface area (Å²) in [6, 6.07) is 25.4. The Morgan fingerprint density at radius 2 is 1.49 bits per heavy atom. The highest BCUT2D eigenvalue weighted by atomic mass is 35.5. The van der Waals surface area contributed by atoms with Crippen molar-refractivity contribution in [3.8, 4) is 11.5 Å². The highest BCUT2D eigenvalue weighted by Crippen LogP contribution is 2.28. The summed E-state index contributed by atoms with van der Waals surface area (Å²) >= 11 is 24.4. The molecule has 0 aromatic heterocycles. The van der Waals surface area contributed by atoms with Gasteiger partial charge in [0.05, 0.1) is 11.2 Å². The monoisotopic (exact) mass is 657 g/mol. The first-order valence-corrected chi connectivity index (χ1v) is 14.7. The van der Waals surface area contributed by atoms with E-state index in [-0.39, 0.29) is 18.1 Å². The third-order valence-electron chi connectivity index (χ3n) is 6.18. The molecule has 4 aromatic carbocycles. The number of ether oxygens (including phenoxy) is 2. The van der Waals surface area contributed by atoms with Gasteiger partial charge in [-0.15, -0.1) is 0 Å². The van der Waals surface area contributed by atoms with Crippen molar-refractivity contribution >= 4 is 64.4 Å². The SMILES string of the molecule is C[C@H](Oc1ccc(Cl)cc1Cl)C(=O)N[C@H](Cc1ccccc1)C(=O)N/N=C\c1ccccc1OCc1ccc(Cl)cc1Cl. The van der Waals surface area contributed by atoms with Crippen LogP contribution in [0.15, 0.2) is 96.1 Å². The number of rotatable bonds is 12. The van der Waals surface area contributed by atoms with Gasteiger partial charge in [-0.05, 0) is 55.0 Å². The van der Waals surface area contributed by atoms with Crippen molar-refractivity contribution in [2.45, 2.75) is 32.1 Å². The lowest BCUT2D eigenvalue weighted by Crippen LogP contribution is -2.50. The van der Waals surface area contributed by atoms with Crippen molar-refractivity contribution in [3.63, 3.8) is 0 Å². The number of hydrazone groups is 1. The minimum absolute atomic E-state index is 0.208. The summed E-state index contributed by atoms with van der Waals surface area (Å²) in [5, 5.41) is 8.62. The normalized spacial score (nSPS) is 12.4. The first-order valence-electron chi connectivity index (χ1n) is 13.1. The van der Waals surface area contributed by atoms with Crippen LogP contribution in [0, 0.1) is 0 Å². The third-order valence-corrected chi connectivity index (χ3v) is 7.30. The summed E-state index contributed by atoms with van der Waals surface area (Å²) in [5.74, 6) is -0.198. The number of halogens is 4. The van der Waals surface area contributed by atoms with Crippen LogP contribution in [-0.2, 0) is 22.6 Å². The minimum atomic E-state index is -0.952. The second-order valence-electron chi connectivity index (χ2n) is 9.38. The molecule has 0 saturated carbocycles. The number of amides is 2. The van der Waals surface area contributed by atoms with Crippen molar-refractivity contribution in [2.24, 2.45) is 5.10 Å². The summed E-state index contributed by atoms with van der Waals surface area (Å²) in [7, 11) is 0. The van der Waals surface area contributed by atoms with Gasteiger partial charge in [0.15, 0.2) is 6.10 Å². The summed E-state index contributed by atoms with van der Waals surface area (Å²) in [6.45, 7) is 1.77. The molecule has 0 fully saturated rings. The molecule has 0 radical (unpaired) electrons. The van der Waals surface area contributed by atoms with E-state index in [4.69, 9.17) is 55.9 Å². The van der Waals surface area contributed by atoms with Crippen LogP contribution in [0.2, 0.25) is 20.1 Å². The Morgan fingerprint density at radius 3 is 2.21 bits per heavy atom.